The van der Waals surface area contributed by atoms with Gasteiger partial charge in [0.05, 0.1) is 11.6 Å². The molecule has 0 bridgehead atoms. The Kier molecular flexibility index (Phi) is 7.67. The zero-order valence-electron chi connectivity index (χ0n) is 14.4. The molecular weight excluding hydrogens is 310 g/mol. The molecule has 1 unspecified atom stereocenters. The third kappa shape index (κ3) is 4.61. The fourth-order valence-corrected chi connectivity index (χ4v) is 3.66. The number of rotatable bonds is 5. The standard InChI is InChI=1S/C17H18ClO2P.Li.H/c1-4-20-13-8-9-15(12(3)10-13)21-17(19)16-11(2)6-5-7-14(16)18;;/h5-10,21H,4H2,1-3H3;;/q;+1;-1. The maximum atomic E-state index is 12.5. The Hall–Kier alpha value is -0.773. The Labute approximate surface area is 152 Å². The molecule has 0 saturated heterocycles. The first-order valence-electron chi connectivity index (χ1n) is 6.83. The fourth-order valence-electron chi connectivity index (χ4n) is 2.14. The molecule has 0 saturated carbocycles. The molecule has 22 heavy (non-hydrogen) atoms. The van der Waals surface area contributed by atoms with Gasteiger partial charge in [0.25, 0.3) is 0 Å². The van der Waals surface area contributed by atoms with E-state index in [4.69, 9.17) is 16.3 Å². The molecule has 5 heteroatoms. The summed E-state index contributed by atoms with van der Waals surface area (Å²) in [5.41, 5.74) is 2.69. The summed E-state index contributed by atoms with van der Waals surface area (Å²) in [5.74, 6) is 0.838. The van der Waals surface area contributed by atoms with Gasteiger partial charge in [0, 0.05) is 5.56 Å². The van der Waals surface area contributed by atoms with E-state index < -0.39 is 0 Å². The van der Waals surface area contributed by atoms with Crippen LogP contribution in [0.1, 0.15) is 29.8 Å². The molecule has 112 valence electrons. The summed E-state index contributed by atoms with van der Waals surface area (Å²) in [7, 11) is 0.0668. The van der Waals surface area contributed by atoms with Crippen molar-refractivity contribution in [2.75, 3.05) is 6.61 Å². The van der Waals surface area contributed by atoms with E-state index >= 15 is 0 Å². The number of halogens is 1. The second-order valence-corrected chi connectivity index (χ2v) is 6.45. The summed E-state index contributed by atoms with van der Waals surface area (Å²) in [5, 5.41) is 1.55. The zero-order valence-corrected chi connectivity index (χ0v) is 15.1. The van der Waals surface area contributed by atoms with Crippen LogP contribution in [-0.2, 0) is 0 Å². The van der Waals surface area contributed by atoms with Crippen molar-refractivity contribution in [1.82, 2.24) is 0 Å². The molecule has 0 radical (unpaired) electrons. The number of ether oxygens (including phenoxy) is 1. The molecular formula is C17H19ClLiO2P. The Morgan fingerprint density at radius 3 is 2.55 bits per heavy atom. The summed E-state index contributed by atoms with van der Waals surface area (Å²) in [6, 6.07) is 11.4. The van der Waals surface area contributed by atoms with Gasteiger partial charge in [-0.25, -0.2) is 0 Å². The van der Waals surface area contributed by atoms with Gasteiger partial charge in [-0.05, 0) is 64.0 Å². The van der Waals surface area contributed by atoms with E-state index in [-0.39, 0.29) is 34.4 Å². The molecule has 2 aromatic carbocycles. The number of benzene rings is 2. The first kappa shape index (κ1) is 19.3. The first-order valence-corrected chi connectivity index (χ1v) is 8.20. The van der Waals surface area contributed by atoms with Gasteiger partial charge in [-0.3, -0.25) is 4.79 Å². The van der Waals surface area contributed by atoms with E-state index in [9.17, 15) is 4.79 Å². The zero-order chi connectivity index (χ0) is 15.4. The second kappa shape index (κ2) is 8.75. The van der Waals surface area contributed by atoms with Gasteiger partial charge in [0.1, 0.15) is 5.75 Å². The van der Waals surface area contributed by atoms with Crippen LogP contribution in [0.25, 0.3) is 0 Å². The normalized spacial score (nSPS) is 10.5. The SMILES string of the molecule is CCOc1ccc(PC(=O)c2c(C)cccc2Cl)c(C)c1.[H-].[Li+]. The van der Waals surface area contributed by atoms with Crippen molar-refractivity contribution >= 4 is 31.0 Å². The van der Waals surface area contributed by atoms with E-state index in [2.05, 4.69) is 0 Å². The van der Waals surface area contributed by atoms with Crippen LogP contribution < -0.4 is 28.9 Å². The van der Waals surface area contributed by atoms with E-state index in [0.29, 0.717) is 17.2 Å². The third-order valence-corrected chi connectivity index (χ3v) is 4.83. The Bertz CT molecular complexity index is 659. The van der Waals surface area contributed by atoms with E-state index in [1.165, 1.54) is 0 Å². The number of aryl methyl sites for hydroxylation is 2. The van der Waals surface area contributed by atoms with Crippen molar-refractivity contribution in [2.45, 2.75) is 20.8 Å². The van der Waals surface area contributed by atoms with Crippen molar-refractivity contribution < 1.29 is 29.8 Å². The van der Waals surface area contributed by atoms with Crippen molar-refractivity contribution in [3.05, 3.63) is 58.1 Å². The van der Waals surface area contributed by atoms with Crippen molar-refractivity contribution in [2.24, 2.45) is 0 Å². The Morgan fingerprint density at radius 1 is 1.23 bits per heavy atom. The van der Waals surface area contributed by atoms with Crippen LogP contribution in [0.5, 0.6) is 5.75 Å². The first-order chi connectivity index (χ1) is 10.0. The molecule has 0 N–H and O–H groups in total. The van der Waals surface area contributed by atoms with Gasteiger partial charge in [-0.15, -0.1) is 0 Å². The number of carbonyl (C=O) groups excluding carboxylic acids is 1. The van der Waals surface area contributed by atoms with E-state index in [1.807, 2.05) is 51.1 Å². The molecule has 0 aliphatic heterocycles. The summed E-state index contributed by atoms with van der Waals surface area (Å²) in [6.07, 6.45) is 0. The molecule has 0 fully saturated rings. The summed E-state index contributed by atoms with van der Waals surface area (Å²) in [4.78, 5) is 12.5. The number of hydrogen-bond acceptors (Lipinski definition) is 2. The number of hydrogen-bond donors (Lipinski definition) is 0. The van der Waals surface area contributed by atoms with Gasteiger partial charge < -0.3 is 6.16 Å². The molecule has 2 nitrogen and oxygen atoms in total. The van der Waals surface area contributed by atoms with Gasteiger partial charge in [-0.1, -0.05) is 29.8 Å². The van der Waals surface area contributed by atoms with Crippen LogP contribution in [0.15, 0.2) is 36.4 Å². The smallest absolute Gasteiger partial charge is 1.00 e. The molecule has 0 aliphatic rings. The molecule has 2 rings (SSSR count). The quantitative estimate of drug-likeness (QED) is 0.616. The van der Waals surface area contributed by atoms with E-state index in [1.54, 1.807) is 6.07 Å². The maximum Gasteiger partial charge on any atom is 1.00 e. The van der Waals surface area contributed by atoms with Crippen molar-refractivity contribution in [1.29, 1.82) is 0 Å². The summed E-state index contributed by atoms with van der Waals surface area (Å²) < 4.78 is 5.47. The minimum Gasteiger partial charge on any atom is -1.00 e. The van der Waals surface area contributed by atoms with Crippen LogP contribution in [0.3, 0.4) is 0 Å². The van der Waals surface area contributed by atoms with Crippen LogP contribution in [-0.4, -0.2) is 12.1 Å². The Morgan fingerprint density at radius 2 is 1.95 bits per heavy atom. The van der Waals surface area contributed by atoms with Gasteiger partial charge >= 0.3 is 18.9 Å². The minimum absolute atomic E-state index is 0. The fraction of sp³-hybridized carbons (Fsp3) is 0.235. The number of carbonyl (C=O) groups is 1. The van der Waals surface area contributed by atoms with Gasteiger partial charge in [-0.2, -0.15) is 0 Å². The van der Waals surface area contributed by atoms with Crippen LogP contribution in [0.2, 0.25) is 5.02 Å². The monoisotopic (exact) mass is 328 g/mol. The second-order valence-electron chi connectivity index (χ2n) is 4.80. The van der Waals surface area contributed by atoms with Gasteiger partial charge in [0.2, 0.25) is 0 Å². The average Bonchev–Trinajstić information content (AvgIpc) is 2.42. The van der Waals surface area contributed by atoms with Crippen molar-refractivity contribution in [3.63, 3.8) is 0 Å². The summed E-state index contributed by atoms with van der Waals surface area (Å²) in [6.45, 7) is 6.50. The topological polar surface area (TPSA) is 26.3 Å². The van der Waals surface area contributed by atoms with E-state index in [0.717, 1.165) is 22.2 Å². The molecule has 1 atom stereocenters. The molecule has 0 heterocycles. The van der Waals surface area contributed by atoms with Crippen LogP contribution >= 0.6 is 20.2 Å². The van der Waals surface area contributed by atoms with Crippen LogP contribution in [0, 0.1) is 13.8 Å². The molecule has 0 amide bonds. The molecule has 2 aromatic rings. The molecule has 0 spiro atoms. The third-order valence-electron chi connectivity index (χ3n) is 3.21. The summed E-state index contributed by atoms with van der Waals surface area (Å²) >= 11 is 6.16. The minimum atomic E-state index is 0. The largest absolute Gasteiger partial charge is 1.00 e. The predicted molar refractivity (Wildman–Crippen MR) is 91.9 cm³/mol. The maximum absolute atomic E-state index is 12.5. The Balaban J connectivity index is 0.00000242. The average molecular weight is 329 g/mol. The predicted octanol–water partition coefficient (Wildman–Crippen LogP) is 1.62. The van der Waals surface area contributed by atoms with Gasteiger partial charge in [0.15, 0.2) is 5.52 Å². The molecule has 0 aliphatic carbocycles. The van der Waals surface area contributed by atoms with Crippen molar-refractivity contribution in [3.8, 4) is 5.75 Å². The molecule has 0 aromatic heterocycles. The van der Waals surface area contributed by atoms with Crippen LogP contribution in [0.4, 0.5) is 0 Å².